The van der Waals surface area contributed by atoms with E-state index >= 15 is 0 Å². The third-order valence-corrected chi connectivity index (χ3v) is 5.92. The average molecular weight is 360 g/mol. The molecule has 2 aromatic heterocycles. The van der Waals surface area contributed by atoms with Gasteiger partial charge in [0.1, 0.15) is 12.1 Å². The van der Waals surface area contributed by atoms with Crippen molar-refractivity contribution in [1.82, 2.24) is 19.5 Å². The maximum atomic E-state index is 13.4. The van der Waals surface area contributed by atoms with Crippen LogP contribution in [0.25, 0.3) is 4.96 Å². The van der Waals surface area contributed by atoms with E-state index in [9.17, 15) is 9.50 Å². The molecule has 0 spiro atoms. The fraction of sp³-hybridized carbons (Fsp3) is 0.444. The van der Waals surface area contributed by atoms with Crippen LogP contribution in [0.2, 0.25) is 0 Å². The molecule has 5 nitrogen and oxygen atoms in total. The Morgan fingerprint density at radius 1 is 1.20 bits per heavy atom. The van der Waals surface area contributed by atoms with Crippen LogP contribution in [0.3, 0.4) is 0 Å². The zero-order chi connectivity index (χ0) is 17.6. The maximum Gasteiger partial charge on any atom is 0.230 e. The minimum absolute atomic E-state index is 0.123. The van der Waals surface area contributed by atoms with Gasteiger partial charge in [-0.15, -0.1) is 0 Å². The number of halogens is 1. The van der Waals surface area contributed by atoms with Crippen LogP contribution in [-0.4, -0.2) is 37.7 Å². The number of nitrogens with zero attached hydrogens (tertiary/aromatic N) is 4. The molecule has 3 heterocycles. The van der Waals surface area contributed by atoms with Crippen molar-refractivity contribution < 1.29 is 9.50 Å². The lowest BCUT2D eigenvalue weighted by atomic mass is 9.89. The molecule has 0 unspecified atom stereocenters. The van der Waals surface area contributed by atoms with Crippen molar-refractivity contribution >= 4 is 16.3 Å². The van der Waals surface area contributed by atoms with Crippen LogP contribution in [0.15, 0.2) is 30.6 Å². The van der Waals surface area contributed by atoms with E-state index < -0.39 is 0 Å². The molecule has 1 fully saturated rings. The molecule has 0 amide bonds. The first-order chi connectivity index (χ1) is 12.0. The molecule has 1 aliphatic rings. The molecule has 1 aromatic carbocycles. The summed E-state index contributed by atoms with van der Waals surface area (Å²) in [5.74, 6) is 1.03. The van der Waals surface area contributed by atoms with Crippen LogP contribution >= 0.6 is 11.3 Å². The van der Waals surface area contributed by atoms with Gasteiger partial charge in [0.05, 0.1) is 10.9 Å². The molecule has 3 atom stereocenters. The van der Waals surface area contributed by atoms with Crippen LogP contribution in [0.4, 0.5) is 4.39 Å². The number of benzene rings is 1. The smallest absolute Gasteiger partial charge is 0.230 e. The van der Waals surface area contributed by atoms with E-state index in [-0.39, 0.29) is 17.7 Å². The molecule has 0 radical (unpaired) electrons. The Morgan fingerprint density at radius 3 is 2.52 bits per heavy atom. The van der Waals surface area contributed by atoms with Gasteiger partial charge in [-0.2, -0.15) is 9.61 Å². The van der Waals surface area contributed by atoms with Gasteiger partial charge in [-0.3, -0.25) is 4.90 Å². The summed E-state index contributed by atoms with van der Waals surface area (Å²) >= 11 is 1.44. The number of piperidine rings is 1. The lowest BCUT2D eigenvalue weighted by Crippen LogP contribution is -2.41. The Bertz CT molecular complexity index is 865. The zero-order valence-electron chi connectivity index (χ0n) is 14.3. The zero-order valence-corrected chi connectivity index (χ0v) is 15.1. The number of thiazole rings is 1. The van der Waals surface area contributed by atoms with E-state index in [4.69, 9.17) is 0 Å². The van der Waals surface area contributed by atoms with E-state index in [0.29, 0.717) is 16.8 Å². The molecule has 7 heteroatoms. The lowest BCUT2D eigenvalue weighted by molar-refractivity contribution is 0.112. The lowest BCUT2D eigenvalue weighted by Gasteiger charge is -2.40. The highest BCUT2D eigenvalue weighted by Gasteiger charge is 2.33. The first-order valence-electron chi connectivity index (χ1n) is 8.54. The number of aromatic hydroxyl groups is 1. The number of hydrogen-bond donors (Lipinski definition) is 1. The second-order valence-electron chi connectivity index (χ2n) is 7.10. The van der Waals surface area contributed by atoms with Gasteiger partial charge in [0.2, 0.25) is 10.8 Å². The van der Waals surface area contributed by atoms with E-state index in [0.717, 1.165) is 23.5 Å². The van der Waals surface area contributed by atoms with Gasteiger partial charge in [-0.25, -0.2) is 9.37 Å². The molecular formula is C18H21FN4OS. The van der Waals surface area contributed by atoms with Gasteiger partial charge >= 0.3 is 0 Å². The van der Waals surface area contributed by atoms with Gasteiger partial charge in [0.15, 0.2) is 0 Å². The largest absolute Gasteiger partial charge is 0.492 e. The third-order valence-electron chi connectivity index (χ3n) is 4.84. The Labute approximate surface area is 149 Å². The van der Waals surface area contributed by atoms with Crippen LogP contribution in [-0.2, 0) is 0 Å². The highest BCUT2D eigenvalue weighted by Crippen LogP contribution is 2.41. The van der Waals surface area contributed by atoms with Crippen LogP contribution in [0, 0.1) is 17.7 Å². The number of rotatable bonds is 3. The van der Waals surface area contributed by atoms with Crippen molar-refractivity contribution in [3.05, 3.63) is 46.9 Å². The van der Waals surface area contributed by atoms with Crippen molar-refractivity contribution in [2.75, 3.05) is 13.1 Å². The van der Waals surface area contributed by atoms with Crippen molar-refractivity contribution in [1.29, 1.82) is 0 Å². The van der Waals surface area contributed by atoms with Gasteiger partial charge in [0.25, 0.3) is 0 Å². The predicted octanol–water partition coefficient (Wildman–Crippen LogP) is 3.70. The molecule has 3 aromatic rings. The summed E-state index contributed by atoms with van der Waals surface area (Å²) in [5, 5.41) is 14.8. The second kappa shape index (κ2) is 6.38. The molecule has 0 saturated carbocycles. The summed E-state index contributed by atoms with van der Waals surface area (Å²) in [6.07, 6.45) is 2.64. The summed E-state index contributed by atoms with van der Waals surface area (Å²) in [4.78, 5) is 8.06. The van der Waals surface area contributed by atoms with Crippen molar-refractivity contribution in [3.63, 3.8) is 0 Å². The molecule has 0 bridgehead atoms. The molecule has 1 N–H and O–H groups in total. The highest BCUT2D eigenvalue weighted by molar-refractivity contribution is 7.17. The molecular weight excluding hydrogens is 339 g/mol. The van der Waals surface area contributed by atoms with Crippen molar-refractivity contribution in [3.8, 4) is 5.88 Å². The Morgan fingerprint density at radius 2 is 1.88 bits per heavy atom. The van der Waals surface area contributed by atoms with E-state index in [1.807, 2.05) is 0 Å². The van der Waals surface area contributed by atoms with Crippen LogP contribution < -0.4 is 0 Å². The summed E-state index contributed by atoms with van der Waals surface area (Å²) < 4.78 is 14.9. The predicted molar refractivity (Wildman–Crippen MR) is 95.3 cm³/mol. The minimum atomic E-state index is -0.255. The second-order valence-corrected chi connectivity index (χ2v) is 8.11. The summed E-state index contributed by atoms with van der Waals surface area (Å²) in [5.41, 5.74) is 0.975. The van der Waals surface area contributed by atoms with E-state index in [1.165, 1.54) is 40.7 Å². The van der Waals surface area contributed by atoms with Gasteiger partial charge in [-0.1, -0.05) is 37.3 Å². The molecule has 1 aliphatic heterocycles. The number of aromatic nitrogens is 3. The molecule has 25 heavy (non-hydrogen) atoms. The normalized spacial score (nSPS) is 23.2. The van der Waals surface area contributed by atoms with Crippen molar-refractivity contribution in [2.24, 2.45) is 11.8 Å². The van der Waals surface area contributed by atoms with E-state index in [2.05, 4.69) is 28.8 Å². The SMILES string of the molecule is C[C@@H]1C[C@H](C)CN([C@@H](c2ccc(F)cc2)c2sc3ncnn3c2O)C1. The fourth-order valence-electron chi connectivity index (χ4n) is 3.97. The molecule has 4 rings (SSSR count). The third kappa shape index (κ3) is 3.02. The standard InChI is InChI=1S/C18H21FN4OS/c1-11-7-12(2)9-22(8-11)15(13-3-5-14(19)6-4-13)16-17(24)23-18(25-16)20-10-21-23/h3-6,10-12,15,24H,7-9H2,1-2H3/t11-,12+,15-/m0/s1. The minimum Gasteiger partial charge on any atom is -0.492 e. The Hall–Kier alpha value is -1.99. The highest BCUT2D eigenvalue weighted by atomic mass is 32.1. The Kier molecular flexibility index (Phi) is 4.21. The summed E-state index contributed by atoms with van der Waals surface area (Å²) in [6, 6.07) is 6.44. The average Bonchev–Trinajstić information content (AvgIpc) is 3.13. The Balaban J connectivity index is 1.81. The number of fused-ring (bicyclic) bond motifs is 1. The number of likely N-dealkylation sites (tertiary alicyclic amines) is 1. The topological polar surface area (TPSA) is 53.7 Å². The number of hydrogen-bond acceptors (Lipinski definition) is 5. The molecule has 0 aliphatic carbocycles. The van der Waals surface area contributed by atoms with Gasteiger partial charge < -0.3 is 5.11 Å². The quantitative estimate of drug-likeness (QED) is 0.774. The monoisotopic (exact) mass is 360 g/mol. The first-order valence-corrected chi connectivity index (χ1v) is 9.35. The summed E-state index contributed by atoms with van der Waals surface area (Å²) in [7, 11) is 0. The summed E-state index contributed by atoms with van der Waals surface area (Å²) in [6.45, 7) is 6.40. The van der Waals surface area contributed by atoms with Crippen LogP contribution in [0.5, 0.6) is 5.88 Å². The molecule has 1 saturated heterocycles. The maximum absolute atomic E-state index is 13.4. The molecule has 132 valence electrons. The van der Waals surface area contributed by atoms with Gasteiger partial charge in [-0.05, 0) is 36.0 Å². The van der Waals surface area contributed by atoms with Crippen LogP contribution in [0.1, 0.15) is 36.8 Å². The fourth-order valence-corrected chi connectivity index (χ4v) is 5.06. The first kappa shape index (κ1) is 16.5. The van der Waals surface area contributed by atoms with Gasteiger partial charge in [0, 0.05) is 13.1 Å². The van der Waals surface area contributed by atoms with Crippen molar-refractivity contribution in [2.45, 2.75) is 26.3 Å². The van der Waals surface area contributed by atoms with E-state index in [1.54, 1.807) is 12.1 Å².